The van der Waals surface area contributed by atoms with E-state index in [-0.39, 0.29) is 11.6 Å². The number of nitrogens with zero attached hydrogens (tertiary/aromatic N) is 4. The number of hydrogen-bond acceptors (Lipinski definition) is 5. The monoisotopic (exact) mass is 359 g/mol. The molecule has 0 saturated carbocycles. The third kappa shape index (κ3) is 2.99. The Balaban J connectivity index is 1.81. The summed E-state index contributed by atoms with van der Waals surface area (Å²) >= 11 is 0. The maximum absolute atomic E-state index is 13.2. The van der Waals surface area contributed by atoms with Crippen molar-refractivity contribution in [2.75, 3.05) is 5.32 Å². The third-order valence-corrected chi connectivity index (χ3v) is 3.94. The van der Waals surface area contributed by atoms with Gasteiger partial charge in [-0.25, -0.2) is 4.39 Å². The Hall–Kier alpha value is -3.36. The third-order valence-electron chi connectivity index (χ3n) is 3.94. The molecule has 0 saturated heterocycles. The molecule has 2 aromatic carbocycles. The molecular formula is C17H12F3N5O. The molecule has 1 N–H and O–H groups in total. The van der Waals surface area contributed by atoms with Gasteiger partial charge in [0.25, 0.3) is 0 Å². The zero-order chi connectivity index (χ0) is 18.1. The number of ether oxygens (including phenoxy) is 1. The van der Waals surface area contributed by atoms with E-state index in [1.54, 1.807) is 36.4 Å². The number of fused-ring (bicyclic) bond motifs is 1. The van der Waals surface area contributed by atoms with Crippen molar-refractivity contribution < 1.29 is 17.9 Å². The Bertz CT molecular complexity index is 955. The zero-order valence-electron chi connectivity index (χ0n) is 13.2. The molecule has 9 heteroatoms. The van der Waals surface area contributed by atoms with Crippen molar-refractivity contribution >= 4 is 11.6 Å². The fourth-order valence-electron chi connectivity index (χ4n) is 2.80. The molecule has 1 aliphatic heterocycles. The Morgan fingerprint density at radius 1 is 1.08 bits per heavy atom. The molecule has 3 aromatic rings. The van der Waals surface area contributed by atoms with E-state index < -0.39 is 12.7 Å². The lowest BCUT2D eigenvalue weighted by atomic mass is 10.0. The minimum Gasteiger partial charge on any atom is -0.434 e. The summed E-state index contributed by atoms with van der Waals surface area (Å²) in [6.07, 6.45) is 1.77. The van der Waals surface area contributed by atoms with Crippen molar-refractivity contribution in [2.24, 2.45) is 0 Å². The normalized spacial score (nSPS) is 16.0. The standard InChI is InChI=1S/C17H12F3N5O/c18-11-7-5-10(6-8-11)13-9-14(25-17(21-13)22-23-24-25)12-3-1-2-4-15(12)26-16(19)20/h1-9,14,16H,(H,21,22,24). The lowest BCUT2D eigenvalue weighted by Gasteiger charge is -2.24. The van der Waals surface area contributed by atoms with Gasteiger partial charge < -0.3 is 10.1 Å². The molecule has 4 rings (SSSR count). The summed E-state index contributed by atoms with van der Waals surface area (Å²) in [5.74, 6) is 0.0106. The lowest BCUT2D eigenvalue weighted by Crippen LogP contribution is -2.21. The van der Waals surface area contributed by atoms with Crippen LogP contribution in [0.3, 0.4) is 0 Å². The average molecular weight is 359 g/mol. The van der Waals surface area contributed by atoms with Gasteiger partial charge >= 0.3 is 6.61 Å². The molecule has 6 nitrogen and oxygen atoms in total. The first-order chi connectivity index (χ1) is 12.6. The maximum Gasteiger partial charge on any atom is 0.387 e. The van der Waals surface area contributed by atoms with Gasteiger partial charge in [0.05, 0.1) is 0 Å². The van der Waals surface area contributed by atoms with E-state index in [4.69, 9.17) is 0 Å². The van der Waals surface area contributed by atoms with E-state index in [9.17, 15) is 13.2 Å². The Labute approximate surface area is 145 Å². The van der Waals surface area contributed by atoms with Gasteiger partial charge in [-0.2, -0.15) is 13.5 Å². The van der Waals surface area contributed by atoms with Crippen LogP contribution >= 0.6 is 0 Å². The second-order valence-corrected chi connectivity index (χ2v) is 5.52. The summed E-state index contributed by atoms with van der Waals surface area (Å²) in [6.45, 7) is -2.95. The van der Waals surface area contributed by atoms with E-state index in [0.29, 0.717) is 22.8 Å². The van der Waals surface area contributed by atoms with E-state index in [1.165, 1.54) is 22.9 Å². The Kier molecular flexibility index (Phi) is 4.04. The number of allylic oxidation sites excluding steroid dienone is 1. The van der Waals surface area contributed by atoms with Crippen LogP contribution in [0.2, 0.25) is 0 Å². The number of halogens is 3. The molecule has 1 atom stereocenters. The summed E-state index contributed by atoms with van der Waals surface area (Å²) < 4.78 is 44.8. The smallest absolute Gasteiger partial charge is 0.387 e. The van der Waals surface area contributed by atoms with E-state index in [1.807, 2.05) is 0 Å². The summed E-state index contributed by atoms with van der Waals surface area (Å²) in [5, 5.41) is 14.5. The molecule has 0 bridgehead atoms. The summed E-state index contributed by atoms with van der Waals surface area (Å²) in [4.78, 5) is 0. The number of para-hydroxylation sites is 1. The highest BCUT2D eigenvalue weighted by atomic mass is 19.3. The van der Waals surface area contributed by atoms with Gasteiger partial charge in [0.15, 0.2) is 0 Å². The second-order valence-electron chi connectivity index (χ2n) is 5.52. The van der Waals surface area contributed by atoms with Crippen LogP contribution in [0.4, 0.5) is 19.1 Å². The minimum atomic E-state index is -2.95. The van der Waals surface area contributed by atoms with Crippen molar-refractivity contribution in [1.82, 2.24) is 20.2 Å². The largest absolute Gasteiger partial charge is 0.434 e. The number of benzene rings is 2. The van der Waals surface area contributed by atoms with Gasteiger partial charge in [0.2, 0.25) is 5.95 Å². The predicted molar refractivity (Wildman–Crippen MR) is 87.0 cm³/mol. The van der Waals surface area contributed by atoms with Crippen LogP contribution in [0, 0.1) is 5.82 Å². The number of alkyl halides is 2. The van der Waals surface area contributed by atoms with Crippen molar-refractivity contribution in [1.29, 1.82) is 0 Å². The second kappa shape index (κ2) is 6.51. The van der Waals surface area contributed by atoms with Gasteiger partial charge in [-0.3, -0.25) is 0 Å². The molecule has 1 aromatic heterocycles. The summed E-state index contributed by atoms with van der Waals surface area (Å²) in [7, 11) is 0. The van der Waals surface area contributed by atoms with Gasteiger partial charge in [-0.1, -0.05) is 23.3 Å². The van der Waals surface area contributed by atoms with Crippen LogP contribution < -0.4 is 10.1 Å². The van der Waals surface area contributed by atoms with Crippen LogP contribution in [0.1, 0.15) is 17.2 Å². The van der Waals surface area contributed by atoms with Crippen molar-refractivity contribution in [3.8, 4) is 5.75 Å². The first-order valence-corrected chi connectivity index (χ1v) is 7.68. The van der Waals surface area contributed by atoms with Gasteiger partial charge in [0, 0.05) is 11.3 Å². The highest BCUT2D eigenvalue weighted by Crippen LogP contribution is 2.36. The molecule has 0 aliphatic carbocycles. The van der Waals surface area contributed by atoms with Gasteiger partial charge in [-0.15, -0.1) is 0 Å². The molecule has 0 spiro atoms. The minimum absolute atomic E-state index is 0.0329. The fourth-order valence-corrected chi connectivity index (χ4v) is 2.80. The lowest BCUT2D eigenvalue weighted by molar-refractivity contribution is -0.0506. The van der Waals surface area contributed by atoms with Crippen LogP contribution in [-0.4, -0.2) is 26.8 Å². The van der Waals surface area contributed by atoms with Crippen LogP contribution in [-0.2, 0) is 0 Å². The highest BCUT2D eigenvalue weighted by Gasteiger charge is 2.27. The summed E-state index contributed by atoms with van der Waals surface area (Å²) in [5.41, 5.74) is 1.81. The molecule has 0 fully saturated rings. The Morgan fingerprint density at radius 2 is 1.85 bits per heavy atom. The topological polar surface area (TPSA) is 64.9 Å². The number of rotatable bonds is 4. The van der Waals surface area contributed by atoms with E-state index in [2.05, 4.69) is 25.6 Å². The first kappa shape index (κ1) is 16.1. The van der Waals surface area contributed by atoms with Crippen LogP contribution in [0.5, 0.6) is 5.75 Å². The maximum atomic E-state index is 13.2. The number of hydrogen-bond donors (Lipinski definition) is 1. The highest BCUT2D eigenvalue weighted by molar-refractivity contribution is 5.77. The molecular weight excluding hydrogens is 347 g/mol. The molecule has 26 heavy (non-hydrogen) atoms. The molecule has 0 radical (unpaired) electrons. The predicted octanol–water partition coefficient (Wildman–Crippen LogP) is 3.47. The zero-order valence-corrected chi connectivity index (χ0v) is 13.2. The van der Waals surface area contributed by atoms with Crippen LogP contribution in [0.25, 0.3) is 5.70 Å². The van der Waals surface area contributed by atoms with Crippen LogP contribution in [0.15, 0.2) is 54.6 Å². The van der Waals surface area contributed by atoms with Gasteiger partial charge in [0.1, 0.15) is 17.6 Å². The SMILES string of the molecule is Fc1ccc(C2=CC(c3ccccc3OC(F)F)n3nnnc3N2)cc1. The van der Waals surface area contributed by atoms with E-state index in [0.717, 1.165) is 0 Å². The Morgan fingerprint density at radius 3 is 2.62 bits per heavy atom. The molecule has 1 unspecified atom stereocenters. The van der Waals surface area contributed by atoms with Gasteiger partial charge in [-0.05, 0) is 52.4 Å². The first-order valence-electron chi connectivity index (χ1n) is 7.68. The van der Waals surface area contributed by atoms with Crippen molar-refractivity contribution in [2.45, 2.75) is 12.7 Å². The van der Waals surface area contributed by atoms with Crippen molar-refractivity contribution in [3.05, 3.63) is 71.6 Å². The average Bonchev–Trinajstić information content (AvgIpc) is 3.10. The molecule has 0 amide bonds. The number of anilines is 1. The van der Waals surface area contributed by atoms with Crippen molar-refractivity contribution in [3.63, 3.8) is 0 Å². The van der Waals surface area contributed by atoms with E-state index >= 15 is 0 Å². The molecule has 132 valence electrons. The quantitative estimate of drug-likeness (QED) is 0.773. The number of tetrazole rings is 1. The fraction of sp³-hybridized carbons (Fsp3) is 0.118. The molecule has 2 heterocycles. The molecule has 1 aliphatic rings. The summed E-state index contributed by atoms with van der Waals surface area (Å²) in [6, 6.07) is 11.7. The number of nitrogens with one attached hydrogen (secondary N) is 1. The number of aromatic nitrogens is 4.